The first-order valence-corrected chi connectivity index (χ1v) is 8.87. The lowest BCUT2D eigenvalue weighted by Crippen LogP contribution is -2.11. The molecule has 1 heterocycles. The van der Waals surface area contributed by atoms with Crippen LogP contribution in [0.3, 0.4) is 0 Å². The van der Waals surface area contributed by atoms with Gasteiger partial charge >= 0.3 is 0 Å². The Morgan fingerprint density at radius 3 is 2.50 bits per heavy atom. The molecule has 0 fully saturated rings. The van der Waals surface area contributed by atoms with E-state index in [2.05, 4.69) is 18.4 Å². The molecule has 3 aromatic rings. The summed E-state index contributed by atoms with van der Waals surface area (Å²) in [6.45, 7) is 4.61. The number of ether oxygens (including phenoxy) is 1. The lowest BCUT2D eigenvalue weighted by Gasteiger charge is -2.16. The molecule has 0 amide bonds. The molecule has 126 valence electrons. The van der Waals surface area contributed by atoms with Crippen molar-refractivity contribution >= 4 is 45.8 Å². The predicted octanol–water partition coefficient (Wildman–Crippen LogP) is 6.55. The van der Waals surface area contributed by atoms with Gasteiger partial charge in [-0.15, -0.1) is 0 Å². The monoisotopic (exact) mass is 382 g/mol. The molecule has 0 saturated carbocycles. The molecule has 1 atom stereocenters. The van der Waals surface area contributed by atoms with E-state index in [1.165, 1.54) is 0 Å². The Labute approximate surface area is 156 Å². The molecule has 0 aliphatic rings. The number of hydrogen-bond acceptors (Lipinski definition) is 2. The van der Waals surface area contributed by atoms with Crippen molar-refractivity contribution in [2.75, 3.05) is 0 Å². The highest BCUT2D eigenvalue weighted by atomic mass is 35.5. The lowest BCUT2D eigenvalue weighted by molar-refractivity contribution is 0.286. The number of nitrogens with zero attached hydrogens (tertiary/aromatic N) is 2. The minimum absolute atomic E-state index is 0.285. The largest absolute Gasteiger partial charge is 0.484 e. The molecule has 0 radical (unpaired) electrons. The van der Waals surface area contributed by atoms with Crippen molar-refractivity contribution in [2.24, 2.45) is 0 Å². The molecule has 1 aromatic heterocycles. The Hall–Kier alpha value is -1.42. The van der Waals surface area contributed by atoms with E-state index in [-0.39, 0.29) is 6.04 Å². The van der Waals surface area contributed by atoms with E-state index in [4.69, 9.17) is 44.5 Å². The van der Waals surface area contributed by atoms with E-state index in [0.29, 0.717) is 27.4 Å². The molecule has 0 spiro atoms. The number of rotatable bonds is 5. The molecule has 0 saturated heterocycles. The van der Waals surface area contributed by atoms with Gasteiger partial charge in [0.1, 0.15) is 18.2 Å². The van der Waals surface area contributed by atoms with Crippen LogP contribution in [-0.2, 0) is 6.61 Å². The molecule has 0 N–H and O–H groups in total. The van der Waals surface area contributed by atoms with Gasteiger partial charge < -0.3 is 9.30 Å². The van der Waals surface area contributed by atoms with Crippen LogP contribution in [0.25, 0.3) is 11.0 Å². The Bertz CT molecular complexity index is 876. The van der Waals surface area contributed by atoms with Crippen molar-refractivity contribution in [3.05, 3.63) is 57.3 Å². The van der Waals surface area contributed by atoms with Crippen molar-refractivity contribution in [3.8, 4) is 5.75 Å². The first-order chi connectivity index (χ1) is 11.5. The summed E-state index contributed by atoms with van der Waals surface area (Å²) in [6.07, 6.45) is 0.979. The third-order valence-corrected chi connectivity index (χ3v) is 4.77. The zero-order valence-corrected chi connectivity index (χ0v) is 15.7. The molecule has 0 aliphatic heterocycles. The van der Waals surface area contributed by atoms with Crippen molar-refractivity contribution in [1.82, 2.24) is 9.55 Å². The molecule has 0 bridgehead atoms. The van der Waals surface area contributed by atoms with Crippen LogP contribution in [0.4, 0.5) is 0 Å². The number of aromatic nitrogens is 2. The van der Waals surface area contributed by atoms with E-state index in [9.17, 15) is 0 Å². The number of hydrogen-bond donors (Lipinski definition) is 0. The number of imidazole rings is 1. The standard InChI is InChI=1S/C18H17Cl3N2O/c1-3-11(2)23-16-9-13(20)4-6-15(16)22-18(23)10-24-17-7-5-12(19)8-14(17)21/h4-9,11H,3,10H2,1-2H3. The quantitative estimate of drug-likeness (QED) is 0.499. The fraction of sp³-hybridized carbons (Fsp3) is 0.278. The fourth-order valence-electron chi connectivity index (χ4n) is 2.63. The zero-order chi connectivity index (χ0) is 17.3. The van der Waals surface area contributed by atoms with Crippen LogP contribution in [-0.4, -0.2) is 9.55 Å². The SMILES string of the molecule is CCC(C)n1c(COc2ccc(Cl)cc2Cl)nc2ccc(Cl)cc21. The molecule has 6 heteroatoms. The third-order valence-electron chi connectivity index (χ3n) is 4.01. The summed E-state index contributed by atoms with van der Waals surface area (Å²) >= 11 is 18.2. The van der Waals surface area contributed by atoms with Gasteiger partial charge in [0, 0.05) is 16.1 Å². The van der Waals surface area contributed by atoms with Crippen LogP contribution in [0, 0.1) is 0 Å². The molecule has 3 rings (SSSR count). The van der Waals surface area contributed by atoms with E-state index < -0.39 is 0 Å². The van der Waals surface area contributed by atoms with Crippen LogP contribution >= 0.6 is 34.8 Å². The third kappa shape index (κ3) is 3.49. The first-order valence-electron chi connectivity index (χ1n) is 7.73. The Kier molecular flexibility index (Phi) is 5.24. The maximum Gasteiger partial charge on any atom is 0.148 e. The summed E-state index contributed by atoms with van der Waals surface area (Å²) in [4.78, 5) is 4.70. The predicted molar refractivity (Wildman–Crippen MR) is 101 cm³/mol. The van der Waals surface area contributed by atoms with Crippen LogP contribution < -0.4 is 4.74 Å². The lowest BCUT2D eigenvalue weighted by atomic mass is 10.2. The molecule has 2 aromatic carbocycles. The van der Waals surface area contributed by atoms with E-state index in [0.717, 1.165) is 23.3 Å². The second-order valence-electron chi connectivity index (χ2n) is 5.65. The summed E-state index contributed by atoms with van der Waals surface area (Å²) in [6, 6.07) is 11.2. The maximum absolute atomic E-state index is 6.17. The van der Waals surface area contributed by atoms with Crippen LogP contribution in [0.5, 0.6) is 5.75 Å². The van der Waals surface area contributed by atoms with Crippen molar-refractivity contribution in [3.63, 3.8) is 0 Å². The summed E-state index contributed by atoms with van der Waals surface area (Å²) in [5.41, 5.74) is 1.91. The molecule has 3 nitrogen and oxygen atoms in total. The van der Waals surface area contributed by atoms with Crippen molar-refractivity contribution in [2.45, 2.75) is 32.9 Å². The van der Waals surface area contributed by atoms with Gasteiger partial charge in [-0.2, -0.15) is 0 Å². The Morgan fingerprint density at radius 1 is 1.08 bits per heavy atom. The van der Waals surface area contributed by atoms with Crippen LogP contribution in [0.15, 0.2) is 36.4 Å². The zero-order valence-electron chi connectivity index (χ0n) is 13.4. The molecular formula is C18H17Cl3N2O. The van der Waals surface area contributed by atoms with Crippen molar-refractivity contribution < 1.29 is 4.74 Å². The first kappa shape index (κ1) is 17.4. The molecule has 24 heavy (non-hydrogen) atoms. The average molecular weight is 384 g/mol. The van der Waals surface area contributed by atoms with Gasteiger partial charge in [-0.25, -0.2) is 4.98 Å². The highest BCUT2D eigenvalue weighted by Crippen LogP contribution is 2.30. The van der Waals surface area contributed by atoms with Gasteiger partial charge in [-0.3, -0.25) is 0 Å². The average Bonchev–Trinajstić information content (AvgIpc) is 2.90. The summed E-state index contributed by atoms with van der Waals surface area (Å²) in [5.74, 6) is 1.43. The summed E-state index contributed by atoms with van der Waals surface area (Å²) in [5, 5.41) is 1.76. The second kappa shape index (κ2) is 7.22. The molecular weight excluding hydrogens is 367 g/mol. The minimum atomic E-state index is 0.285. The fourth-order valence-corrected chi connectivity index (χ4v) is 3.26. The Morgan fingerprint density at radius 2 is 1.79 bits per heavy atom. The maximum atomic E-state index is 6.17. The van der Waals surface area contributed by atoms with E-state index in [1.54, 1.807) is 18.2 Å². The van der Waals surface area contributed by atoms with E-state index in [1.807, 2.05) is 18.2 Å². The number of halogens is 3. The highest BCUT2D eigenvalue weighted by molar-refractivity contribution is 6.35. The molecule has 0 aliphatic carbocycles. The van der Waals surface area contributed by atoms with Crippen LogP contribution in [0.1, 0.15) is 32.1 Å². The number of benzene rings is 2. The summed E-state index contributed by atoms with van der Waals surface area (Å²) in [7, 11) is 0. The normalized spacial score (nSPS) is 12.5. The molecule has 1 unspecified atom stereocenters. The minimum Gasteiger partial charge on any atom is -0.484 e. The van der Waals surface area contributed by atoms with Gasteiger partial charge in [-0.05, 0) is 49.7 Å². The number of fused-ring (bicyclic) bond motifs is 1. The van der Waals surface area contributed by atoms with Gasteiger partial charge in [0.05, 0.1) is 16.1 Å². The van der Waals surface area contributed by atoms with Crippen molar-refractivity contribution in [1.29, 1.82) is 0 Å². The highest BCUT2D eigenvalue weighted by Gasteiger charge is 2.16. The van der Waals surface area contributed by atoms with Gasteiger partial charge in [0.15, 0.2) is 0 Å². The topological polar surface area (TPSA) is 27.1 Å². The Balaban J connectivity index is 1.96. The van der Waals surface area contributed by atoms with E-state index >= 15 is 0 Å². The van der Waals surface area contributed by atoms with Gasteiger partial charge in [0.2, 0.25) is 0 Å². The second-order valence-corrected chi connectivity index (χ2v) is 6.93. The van der Waals surface area contributed by atoms with Gasteiger partial charge in [-0.1, -0.05) is 41.7 Å². The van der Waals surface area contributed by atoms with Crippen LogP contribution in [0.2, 0.25) is 15.1 Å². The smallest absolute Gasteiger partial charge is 0.148 e. The van der Waals surface area contributed by atoms with Gasteiger partial charge in [0.25, 0.3) is 0 Å². The summed E-state index contributed by atoms with van der Waals surface area (Å²) < 4.78 is 8.04.